The maximum absolute atomic E-state index is 11.3. The minimum atomic E-state index is -0.565. The molecule has 0 aliphatic heterocycles. The van der Waals surface area contributed by atoms with E-state index < -0.39 is 11.2 Å². The highest BCUT2D eigenvalue weighted by Crippen LogP contribution is 1.96. The van der Waals surface area contributed by atoms with Gasteiger partial charge in [-0.2, -0.15) is 0 Å². The van der Waals surface area contributed by atoms with Gasteiger partial charge in [0.25, 0.3) is 5.56 Å². The van der Waals surface area contributed by atoms with Crippen LogP contribution in [0.5, 0.6) is 0 Å². The molecule has 0 saturated carbocycles. The first-order chi connectivity index (χ1) is 8.15. The van der Waals surface area contributed by atoms with Crippen molar-refractivity contribution >= 4 is 11.6 Å². The molecule has 0 saturated heterocycles. The number of methoxy groups -OCH3 is 1. The zero-order valence-corrected chi connectivity index (χ0v) is 10.3. The summed E-state index contributed by atoms with van der Waals surface area (Å²) in [6, 6.07) is 0. The van der Waals surface area contributed by atoms with Crippen molar-refractivity contribution in [2.45, 2.75) is 13.0 Å². The molecule has 6 nitrogen and oxygen atoms in total. The summed E-state index contributed by atoms with van der Waals surface area (Å²) in [6.45, 7) is 2.04. The van der Waals surface area contributed by atoms with Crippen LogP contribution in [0.4, 0.5) is 0 Å². The second-order valence-corrected chi connectivity index (χ2v) is 3.80. The summed E-state index contributed by atoms with van der Waals surface area (Å²) in [4.78, 5) is 24.5. The third-order valence-electron chi connectivity index (χ3n) is 2.09. The lowest BCUT2D eigenvalue weighted by molar-refractivity contribution is 0.0679. The summed E-state index contributed by atoms with van der Waals surface area (Å²) in [5.74, 6) is 0. The Morgan fingerprint density at radius 1 is 1.35 bits per heavy atom. The Morgan fingerprint density at radius 2 is 2.12 bits per heavy atom. The molecule has 0 radical (unpaired) electrons. The molecule has 0 aliphatic rings. The highest BCUT2D eigenvalue weighted by molar-refractivity contribution is 6.30. The Labute approximate surface area is 103 Å². The van der Waals surface area contributed by atoms with E-state index in [1.165, 1.54) is 10.8 Å². The molecule has 0 amide bonds. The van der Waals surface area contributed by atoms with Crippen molar-refractivity contribution in [2.75, 3.05) is 26.9 Å². The summed E-state index contributed by atoms with van der Waals surface area (Å²) < 4.78 is 11.4. The van der Waals surface area contributed by atoms with Crippen LogP contribution in [0.1, 0.15) is 6.42 Å². The van der Waals surface area contributed by atoms with E-state index in [-0.39, 0.29) is 5.02 Å². The van der Waals surface area contributed by atoms with Gasteiger partial charge in [0.1, 0.15) is 5.02 Å². The number of halogens is 1. The fraction of sp³-hybridized carbons (Fsp3) is 0.600. The highest BCUT2D eigenvalue weighted by atomic mass is 35.5. The van der Waals surface area contributed by atoms with Gasteiger partial charge in [0.2, 0.25) is 0 Å². The number of nitrogens with one attached hydrogen (secondary N) is 1. The second kappa shape index (κ2) is 7.26. The molecule has 1 rings (SSSR count). The SMILES string of the molecule is COCCOCCCn1cc(Cl)c(=O)[nH]c1=O. The van der Waals surface area contributed by atoms with E-state index in [4.69, 9.17) is 21.1 Å². The zero-order chi connectivity index (χ0) is 12.7. The maximum Gasteiger partial charge on any atom is 0.328 e. The van der Waals surface area contributed by atoms with Crippen LogP contribution in [-0.4, -0.2) is 36.5 Å². The summed E-state index contributed by atoms with van der Waals surface area (Å²) in [5.41, 5.74) is -1.03. The molecule has 7 heteroatoms. The Bertz CT molecular complexity index is 454. The zero-order valence-electron chi connectivity index (χ0n) is 9.57. The Morgan fingerprint density at radius 3 is 2.82 bits per heavy atom. The molecule has 1 heterocycles. The van der Waals surface area contributed by atoms with Gasteiger partial charge in [-0.05, 0) is 6.42 Å². The van der Waals surface area contributed by atoms with Gasteiger partial charge in [0, 0.05) is 26.5 Å². The molecule has 0 bridgehead atoms. The van der Waals surface area contributed by atoms with E-state index >= 15 is 0 Å². The molecular weight excluding hydrogens is 248 g/mol. The van der Waals surface area contributed by atoms with Crippen molar-refractivity contribution in [2.24, 2.45) is 0 Å². The number of aryl methyl sites for hydroxylation is 1. The van der Waals surface area contributed by atoms with Crippen LogP contribution in [0.3, 0.4) is 0 Å². The van der Waals surface area contributed by atoms with Gasteiger partial charge in [-0.25, -0.2) is 4.79 Å². The summed E-state index contributed by atoms with van der Waals surface area (Å²) in [5, 5.41) is 0.00454. The predicted octanol–water partition coefficient (Wildman–Crippen LogP) is 0.243. The minimum absolute atomic E-state index is 0.00454. The average molecular weight is 263 g/mol. The molecule has 1 N–H and O–H groups in total. The molecule has 96 valence electrons. The van der Waals surface area contributed by atoms with Gasteiger partial charge < -0.3 is 9.47 Å². The molecule has 1 aromatic heterocycles. The van der Waals surface area contributed by atoms with Crippen LogP contribution in [0.25, 0.3) is 0 Å². The van der Waals surface area contributed by atoms with Gasteiger partial charge in [-0.15, -0.1) is 0 Å². The largest absolute Gasteiger partial charge is 0.382 e. The number of aromatic nitrogens is 2. The lowest BCUT2D eigenvalue weighted by Crippen LogP contribution is -2.30. The highest BCUT2D eigenvalue weighted by Gasteiger charge is 2.01. The van der Waals surface area contributed by atoms with E-state index in [1.807, 2.05) is 0 Å². The van der Waals surface area contributed by atoms with Crippen molar-refractivity contribution in [1.82, 2.24) is 9.55 Å². The summed E-state index contributed by atoms with van der Waals surface area (Å²) >= 11 is 5.62. The topological polar surface area (TPSA) is 73.3 Å². The van der Waals surface area contributed by atoms with Gasteiger partial charge in [-0.1, -0.05) is 11.6 Å². The Hall–Kier alpha value is -1.11. The lowest BCUT2D eigenvalue weighted by atomic mass is 10.4. The van der Waals surface area contributed by atoms with Crippen molar-refractivity contribution in [3.8, 4) is 0 Å². The van der Waals surface area contributed by atoms with Crippen LogP contribution in [-0.2, 0) is 16.0 Å². The smallest absolute Gasteiger partial charge is 0.328 e. The molecule has 17 heavy (non-hydrogen) atoms. The average Bonchev–Trinajstić information content (AvgIpc) is 2.30. The Kier molecular flexibility index (Phi) is 5.96. The van der Waals surface area contributed by atoms with E-state index in [1.54, 1.807) is 7.11 Å². The van der Waals surface area contributed by atoms with Gasteiger partial charge in [0.05, 0.1) is 13.2 Å². The first-order valence-corrected chi connectivity index (χ1v) is 5.59. The summed E-state index contributed by atoms with van der Waals surface area (Å²) in [6.07, 6.45) is 1.99. The second-order valence-electron chi connectivity index (χ2n) is 3.39. The van der Waals surface area contributed by atoms with Crippen LogP contribution in [0.2, 0.25) is 5.02 Å². The number of rotatable bonds is 7. The first-order valence-electron chi connectivity index (χ1n) is 5.21. The number of ether oxygens (including phenoxy) is 2. The quantitative estimate of drug-likeness (QED) is 0.715. The molecule has 1 aromatic rings. The number of hydrogen-bond donors (Lipinski definition) is 1. The van der Waals surface area contributed by atoms with E-state index in [0.717, 1.165) is 0 Å². The van der Waals surface area contributed by atoms with Crippen molar-refractivity contribution in [3.63, 3.8) is 0 Å². The minimum Gasteiger partial charge on any atom is -0.382 e. The third-order valence-corrected chi connectivity index (χ3v) is 2.36. The van der Waals surface area contributed by atoms with Gasteiger partial charge in [0.15, 0.2) is 0 Å². The van der Waals surface area contributed by atoms with E-state index in [9.17, 15) is 9.59 Å². The molecule has 0 aliphatic carbocycles. The third kappa shape index (κ3) is 4.72. The molecule has 0 aromatic carbocycles. The maximum atomic E-state index is 11.3. The van der Waals surface area contributed by atoms with Crippen molar-refractivity contribution < 1.29 is 9.47 Å². The van der Waals surface area contributed by atoms with Gasteiger partial charge in [-0.3, -0.25) is 14.3 Å². The number of nitrogens with zero attached hydrogens (tertiary/aromatic N) is 1. The number of hydrogen-bond acceptors (Lipinski definition) is 4. The lowest BCUT2D eigenvalue weighted by Gasteiger charge is -2.06. The van der Waals surface area contributed by atoms with E-state index in [0.29, 0.717) is 32.8 Å². The van der Waals surface area contributed by atoms with Crippen LogP contribution in [0, 0.1) is 0 Å². The van der Waals surface area contributed by atoms with E-state index in [2.05, 4.69) is 4.98 Å². The molecule has 0 atom stereocenters. The van der Waals surface area contributed by atoms with Crippen molar-refractivity contribution in [3.05, 3.63) is 32.1 Å². The van der Waals surface area contributed by atoms with Gasteiger partial charge >= 0.3 is 5.69 Å². The van der Waals surface area contributed by atoms with Crippen LogP contribution in [0.15, 0.2) is 15.8 Å². The monoisotopic (exact) mass is 262 g/mol. The predicted molar refractivity (Wildman–Crippen MR) is 63.6 cm³/mol. The Balaban J connectivity index is 2.39. The number of aromatic amines is 1. The van der Waals surface area contributed by atoms with Crippen LogP contribution >= 0.6 is 11.6 Å². The van der Waals surface area contributed by atoms with Crippen molar-refractivity contribution in [1.29, 1.82) is 0 Å². The first kappa shape index (κ1) is 14.0. The fourth-order valence-corrected chi connectivity index (χ4v) is 1.40. The molecule has 0 spiro atoms. The molecular formula is C10H15ClN2O4. The fourth-order valence-electron chi connectivity index (χ4n) is 1.23. The normalized spacial score (nSPS) is 10.7. The number of H-pyrrole nitrogens is 1. The molecule has 0 unspecified atom stereocenters. The summed E-state index contributed by atoms with van der Waals surface area (Å²) in [7, 11) is 1.60. The standard InChI is InChI=1S/C10H15ClN2O4/c1-16-5-6-17-4-2-3-13-7-8(11)9(14)12-10(13)15/h7H,2-6H2,1H3,(H,12,14,15). The molecule has 0 fully saturated rings. The van der Waals surface area contributed by atoms with Crippen LogP contribution < -0.4 is 11.2 Å².